The number of furan rings is 1. The Morgan fingerprint density at radius 2 is 1.43 bits per heavy atom. The summed E-state index contributed by atoms with van der Waals surface area (Å²) in [4.78, 5) is 14.5. The van der Waals surface area contributed by atoms with Crippen LogP contribution in [0.1, 0.15) is 73.6 Å². The van der Waals surface area contributed by atoms with Gasteiger partial charge >= 0.3 is 0 Å². The first-order valence-electron chi connectivity index (χ1n) is 18.5. The number of benzene rings is 3. The van der Waals surface area contributed by atoms with Crippen molar-refractivity contribution in [1.29, 1.82) is 0 Å². The van der Waals surface area contributed by atoms with Gasteiger partial charge in [0.25, 0.3) is 0 Å². The Hall–Kier alpha value is -3.90. The quantitative estimate of drug-likeness (QED) is 0.128. The number of fused-ring (bicyclic) bond motifs is 4. The Balaban J connectivity index is 0.000000216. The molecule has 0 unspecified atom stereocenters. The smallest absolute Gasteiger partial charge is 0.216 e. The number of pyridine rings is 2. The van der Waals surface area contributed by atoms with Crippen LogP contribution >= 0.6 is 0 Å². The molecule has 0 atom stereocenters. The van der Waals surface area contributed by atoms with Gasteiger partial charge in [0, 0.05) is 42.9 Å². The minimum absolute atomic E-state index is 0. The molecule has 279 valence electrons. The van der Waals surface area contributed by atoms with Gasteiger partial charge in [-0.25, -0.2) is 4.98 Å². The van der Waals surface area contributed by atoms with Crippen LogP contribution in [0.4, 0.5) is 0 Å². The van der Waals surface area contributed by atoms with E-state index in [1.54, 1.807) is 0 Å². The molecule has 4 heterocycles. The van der Waals surface area contributed by atoms with E-state index in [4.69, 9.17) is 19.4 Å². The van der Waals surface area contributed by atoms with Crippen LogP contribution in [-0.4, -0.2) is 27.6 Å². The van der Waals surface area contributed by atoms with E-state index < -0.39 is 8.07 Å². The Bertz CT molecular complexity index is 2350. The van der Waals surface area contributed by atoms with Gasteiger partial charge in [0.05, 0.1) is 30.5 Å². The molecule has 0 saturated carbocycles. The van der Waals surface area contributed by atoms with Crippen molar-refractivity contribution in [3.05, 3.63) is 108 Å². The van der Waals surface area contributed by atoms with Crippen LogP contribution in [0.5, 0.6) is 0 Å². The minimum atomic E-state index is -1.37. The maximum atomic E-state index is 6.09. The van der Waals surface area contributed by atoms with Gasteiger partial charge in [0.2, 0.25) is 5.71 Å². The zero-order valence-electron chi connectivity index (χ0n) is 33.5. The largest absolute Gasteiger partial charge is 0.486 e. The number of nitrogens with zero attached hydrogens (tertiary/aromatic N) is 4. The van der Waals surface area contributed by atoms with Crippen LogP contribution in [0.15, 0.2) is 89.5 Å². The van der Waals surface area contributed by atoms with Crippen molar-refractivity contribution >= 4 is 46.4 Å². The molecule has 53 heavy (non-hydrogen) atoms. The van der Waals surface area contributed by atoms with E-state index in [1.165, 1.54) is 10.8 Å². The van der Waals surface area contributed by atoms with Crippen LogP contribution in [0.2, 0.25) is 19.6 Å². The SMILES string of the molecule is CC(C)(C)Cc1cc(-c2[c-]cccc2)ncc1[Si](C)(C)C.CC(C)(C)Cc1ccc2c(n1)oc1c[c-]c(-c3nc4ccccc4n3C(C)(C)C)cc12.[Ir]. The fourth-order valence-corrected chi connectivity index (χ4v) is 8.46. The van der Waals surface area contributed by atoms with E-state index in [2.05, 4.69) is 153 Å². The molecule has 1 radical (unpaired) electrons. The summed E-state index contributed by atoms with van der Waals surface area (Å²) in [5, 5.41) is 3.56. The molecule has 0 spiro atoms. The molecule has 0 aliphatic carbocycles. The molecule has 0 N–H and O–H groups in total. The summed E-state index contributed by atoms with van der Waals surface area (Å²) >= 11 is 0. The second kappa shape index (κ2) is 15.1. The number of hydrogen-bond acceptors (Lipinski definition) is 4. The van der Waals surface area contributed by atoms with Gasteiger partial charge in [0.15, 0.2) is 0 Å². The molecule has 7 heteroatoms. The Kier molecular flexibility index (Phi) is 11.5. The molecule has 0 aliphatic rings. The minimum Gasteiger partial charge on any atom is -0.486 e. The summed E-state index contributed by atoms with van der Waals surface area (Å²) in [6.07, 6.45) is 4.12. The van der Waals surface area contributed by atoms with E-state index >= 15 is 0 Å². The van der Waals surface area contributed by atoms with Gasteiger partial charge in [0.1, 0.15) is 0 Å². The number of imidazole rings is 1. The van der Waals surface area contributed by atoms with E-state index in [9.17, 15) is 0 Å². The molecule has 5 nitrogen and oxygen atoms in total. The first-order chi connectivity index (χ1) is 24.3. The third-order valence-electron chi connectivity index (χ3n) is 9.02. The predicted octanol–water partition coefficient (Wildman–Crippen LogP) is 11.8. The van der Waals surface area contributed by atoms with Crippen LogP contribution < -0.4 is 5.19 Å². The zero-order chi connectivity index (χ0) is 37.6. The van der Waals surface area contributed by atoms with E-state index in [0.717, 1.165) is 68.6 Å². The summed E-state index contributed by atoms with van der Waals surface area (Å²) in [5.74, 6) is 0.919. The molecule has 0 saturated heterocycles. The predicted molar refractivity (Wildman–Crippen MR) is 222 cm³/mol. The van der Waals surface area contributed by atoms with E-state index in [-0.39, 0.29) is 36.5 Å². The molecule has 4 aromatic heterocycles. The second-order valence-corrected chi connectivity index (χ2v) is 23.6. The van der Waals surface area contributed by atoms with Crippen LogP contribution in [0, 0.1) is 23.0 Å². The van der Waals surface area contributed by atoms with Crippen molar-refractivity contribution < 1.29 is 24.5 Å². The topological polar surface area (TPSA) is 56.7 Å². The van der Waals surface area contributed by atoms with Gasteiger partial charge in [-0.1, -0.05) is 90.3 Å². The van der Waals surface area contributed by atoms with Crippen molar-refractivity contribution in [2.45, 2.75) is 100 Å². The molecule has 7 aromatic rings. The van der Waals surface area contributed by atoms with Gasteiger partial charge in [-0.05, 0) is 79.6 Å². The monoisotopic (exact) mass is 899 g/mol. The number of hydrogen-bond donors (Lipinski definition) is 0. The average Bonchev–Trinajstić information content (AvgIpc) is 3.61. The number of aromatic nitrogens is 4. The summed E-state index contributed by atoms with van der Waals surface area (Å²) in [5.41, 5.74) is 9.55. The molecule has 0 amide bonds. The average molecular weight is 899 g/mol. The number of para-hydroxylation sites is 2. The fourth-order valence-electron chi connectivity index (χ4n) is 6.89. The first-order valence-corrected chi connectivity index (χ1v) is 22.0. The molecule has 3 aromatic carbocycles. The van der Waals surface area contributed by atoms with Crippen molar-refractivity contribution in [3.63, 3.8) is 0 Å². The zero-order valence-corrected chi connectivity index (χ0v) is 36.9. The molecule has 0 aliphatic heterocycles. The summed E-state index contributed by atoms with van der Waals surface area (Å²) < 4.78 is 8.38. The van der Waals surface area contributed by atoms with Crippen molar-refractivity contribution in [2.24, 2.45) is 10.8 Å². The third kappa shape index (κ3) is 9.43. The molecule has 0 bridgehead atoms. The Morgan fingerprint density at radius 1 is 0.736 bits per heavy atom. The van der Waals surface area contributed by atoms with E-state index in [0.29, 0.717) is 5.71 Å². The van der Waals surface area contributed by atoms with Gasteiger partial charge in [-0.15, -0.1) is 59.7 Å². The van der Waals surface area contributed by atoms with Crippen LogP contribution in [0.25, 0.3) is 55.7 Å². The summed E-state index contributed by atoms with van der Waals surface area (Å²) in [7, 11) is -1.37. The molecule has 0 fully saturated rings. The van der Waals surface area contributed by atoms with Crippen LogP contribution in [0.3, 0.4) is 0 Å². The van der Waals surface area contributed by atoms with Gasteiger partial charge in [-0.2, -0.15) is 0 Å². The third-order valence-corrected chi connectivity index (χ3v) is 11.1. The fraction of sp³-hybridized carbons (Fsp3) is 0.370. The Labute approximate surface area is 331 Å². The van der Waals surface area contributed by atoms with Crippen molar-refractivity contribution in [3.8, 4) is 22.6 Å². The number of rotatable bonds is 5. The van der Waals surface area contributed by atoms with Crippen molar-refractivity contribution in [2.75, 3.05) is 0 Å². The molecular formula is C46H54IrN4OSi-2. The summed E-state index contributed by atoms with van der Waals surface area (Å²) in [6.45, 7) is 27.4. The normalized spacial score (nSPS) is 12.5. The first kappa shape index (κ1) is 40.3. The standard InChI is InChI=1S/C27H28N3O.C19H26NSi.Ir/c1-26(2,3)16-18-12-13-19-20-15-17(11-14-23(20)31-25(19)28-18)24-29-21-9-7-8-10-22(21)30(24)27(4,5)6;1-19(2,3)13-16-12-17(15-10-8-7-9-11-15)20-14-18(16)21(4,5)6;/h7-10,12-15H,16H2,1-6H3;7-10,12,14H,13H2,1-6H3;/q2*-1;. The summed E-state index contributed by atoms with van der Waals surface area (Å²) in [6, 6.07) is 33.6. The van der Waals surface area contributed by atoms with Crippen molar-refractivity contribution in [1.82, 2.24) is 19.5 Å². The maximum absolute atomic E-state index is 6.09. The second-order valence-electron chi connectivity index (χ2n) is 18.5. The van der Waals surface area contributed by atoms with E-state index in [1.807, 2.05) is 30.3 Å². The molecular weight excluding hydrogens is 845 g/mol. The van der Waals surface area contributed by atoms with Gasteiger partial charge < -0.3 is 14.0 Å². The van der Waals surface area contributed by atoms with Crippen LogP contribution in [-0.2, 0) is 38.5 Å². The van der Waals surface area contributed by atoms with Gasteiger partial charge in [-0.3, -0.25) is 4.98 Å². The maximum Gasteiger partial charge on any atom is 0.216 e. The molecule has 7 rings (SSSR count). The Morgan fingerprint density at radius 3 is 2.08 bits per heavy atom.